The summed E-state index contributed by atoms with van der Waals surface area (Å²) >= 11 is 0. The third kappa shape index (κ3) is 4.88. The van der Waals surface area contributed by atoms with Crippen LogP contribution in [0.1, 0.15) is 20.3 Å². The van der Waals surface area contributed by atoms with Gasteiger partial charge in [-0.25, -0.2) is 0 Å². The molecule has 17 heavy (non-hydrogen) atoms. The van der Waals surface area contributed by atoms with Gasteiger partial charge in [0.05, 0.1) is 17.9 Å². The molecular weight excluding hydrogens is 234 g/mol. The monoisotopic (exact) mass is 255 g/mol. The first-order valence-corrected chi connectivity index (χ1v) is 7.25. The minimum absolute atomic E-state index is 0.276. The molecule has 1 aromatic rings. The largest absolute Gasteiger partial charge is 0.497 e. The van der Waals surface area contributed by atoms with E-state index in [4.69, 9.17) is 4.74 Å². The van der Waals surface area contributed by atoms with Crippen LogP contribution in [0.25, 0.3) is 0 Å². The molecule has 0 aliphatic heterocycles. The predicted molar refractivity (Wildman–Crippen MR) is 72.0 cm³/mol. The molecule has 0 spiro atoms. The van der Waals surface area contributed by atoms with E-state index in [0.29, 0.717) is 5.75 Å². The quantitative estimate of drug-likeness (QED) is 0.811. The Morgan fingerprint density at radius 3 is 2.53 bits per heavy atom. The lowest BCUT2D eigenvalue weighted by atomic mass is 10.3. The van der Waals surface area contributed by atoms with Gasteiger partial charge in [-0.1, -0.05) is 6.92 Å². The molecule has 0 saturated carbocycles. The van der Waals surface area contributed by atoms with Gasteiger partial charge in [0.1, 0.15) is 5.75 Å². The summed E-state index contributed by atoms with van der Waals surface area (Å²) in [6.07, 6.45) is 1.10. The lowest BCUT2D eigenvalue weighted by Gasteiger charge is -2.12. The molecule has 0 fully saturated rings. The van der Waals surface area contributed by atoms with Crippen LogP contribution in [0.15, 0.2) is 29.2 Å². The zero-order valence-corrected chi connectivity index (χ0v) is 11.5. The number of hydrogen-bond acceptors (Lipinski definition) is 3. The normalized spacial score (nSPS) is 14.3. The van der Waals surface area contributed by atoms with Gasteiger partial charge in [0.2, 0.25) is 0 Å². The van der Waals surface area contributed by atoms with Gasteiger partial charge >= 0.3 is 0 Å². The molecule has 0 bridgehead atoms. The summed E-state index contributed by atoms with van der Waals surface area (Å²) in [4.78, 5) is 0.857. The van der Waals surface area contributed by atoms with Crippen molar-refractivity contribution < 1.29 is 8.95 Å². The number of nitrogens with one attached hydrogen (secondary N) is 1. The van der Waals surface area contributed by atoms with Crippen LogP contribution in [0.5, 0.6) is 5.75 Å². The molecule has 0 amide bonds. The lowest BCUT2D eigenvalue weighted by molar-refractivity contribution is 0.414. The predicted octanol–water partition coefficient (Wildman–Crippen LogP) is 2.19. The molecule has 0 radical (unpaired) electrons. The second-order valence-corrected chi connectivity index (χ2v) is 5.54. The topological polar surface area (TPSA) is 38.3 Å². The molecule has 1 rings (SSSR count). The second-order valence-electron chi connectivity index (χ2n) is 4.04. The maximum absolute atomic E-state index is 12.0. The van der Waals surface area contributed by atoms with Crippen LogP contribution in [0, 0.1) is 0 Å². The molecule has 0 aromatic heterocycles. The summed E-state index contributed by atoms with van der Waals surface area (Å²) in [6, 6.07) is 7.69. The van der Waals surface area contributed by atoms with Gasteiger partial charge in [-0.05, 0) is 44.2 Å². The number of methoxy groups -OCH3 is 1. The Hall–Kier alpha value is -0.870. The summed E-state index contributed by atoms with van der Waals surface area (Å²) in [5.41, 5.74) is 0. The van der Waals surface area contributed by atoms with Gasteiger partial charge in [-0.15, -0.1) is 0 Å². The van der Waals surface area contributed by atoms with Gasteiger partial charge < -0.3 is 10.1 Å². The number of benzene rings is 1. The summed E-state index contributed by atoms with van der Waals surface area (Å²) in [6.45, 7) is 5.16. The summed E-state index contributed by atoms with van der Waals surface area (Å²) in [5.74, 6) is 1.44. The van der Waals surface area contributed by atoms with E-state index >= 15 is 0 Å². The Morgan fingerprint density at radius 2 is 2.00 bits per heavy atom. The van der Waals surface area contributed by atoms with Crippen molar-refractivity contribution in [1.29, 1.82) is 0 Å². The van der Waals surface area contributed by atoms with Crippen LogP contribution in [-0.4, -0.2) is 29.7 Å². The molecule has 2 atom stereocenters. The van der Waals surface area contributed by atoms with E-state index in [9.17, 15) is 4.21 Å². The first-order chi connectivity index (χ1) is 8.17. The van der Waals surface area contributed by atoms with E-state index in [0.717, 1.165) is 23.6 Å². The van der Waals surface area contributed by atoms with Gasteiger partial charge in [0, 0.05) is 16.7 Å². The minimum atomic E-state index is -0.945. The van der Waals surface area contributed by atoms with E-state index in [-0.39, 0.29) is 6.04 Å². The van der Waals surface area contributed by atoms with Crippen LogP contribution < -0.4 is 10.1 Å². The zero-order chi connectivity index (χ0) is 12.7. The van der Waals surface area contributed by atoms with E-state index < -0.39 is 10.8 Å². The SMILES string of the molecule is CCCNC(C)CS(=O)c1ccc(OC)cc1. The molecule has 96 valence electrons. The first-order valence-electron chi connectivity index (χ1n) is 5.93. The fourth-order valence-electron chi connectivity index (χ4n) is 1.50. The Morgan fingerprint density at radius 1 is 1.35 bits per heavy atom. The minimum Gasteiger partial charge on any atom is -0.497 e. The van der Waals surface area contributed by atoms with E-state index in [1.165, 1.54) is 0 Å². The van der Waals surface area contributed by atoms with Crippen molar-refractivity contribution in [3.63, 3.8) is 0 Å². The van der Waals surface area contributed by atoms with Crippen molar-refractivity contribution in [2.75, 3.05) is 19.4 Å². The van der Waals surface area contributed by atoms with E-state index in [1.54, 1.807) is 7.11 Å². The molecule has 2 unspecified atom stereocenters. The molecule has 0 heterocycles. The Labute approximate surface area is 106 Å². The smallest absolute Gasteiger partial charge is 0.118 e. The van der Waals surface area contributed by atoms with Crippen molar-refractivity contribution in [3.8, 4) is 5.75 Å². The average molecular weight is 255 g/mol. The fourth-order valence-corrected chi connectivity index (χ4v) is 2.70. The summed E-state index contributed by atoms with van der Waals surface area (Å²) in [7, 11) is 0.682. The summed E-state index contributed by atoms with van der Waals surface area (Å²) in [5, 5.41) is 3.34. The Kier molecular flexibility index (Phi) is 6.22. The Balaban J connectivity index is 2.51. The third-order valence-corrected chi connectivity index (χ3v) is 4.07. The molecular formula is C13H21NO2S. The highest BCUT2D eigenvalue weighted by molar-refractivity contribution is 7.85. The van der Waals surface area contributed by atoms with E-state index in [1.807, 2.05) is 24.3 Å². The van der Waals surface area contributed by atoms with Gasteiger partial charge in [0.15, 0.2) is 0 Å². The van der Waals surface area contributed by atoms with Crippen LogP contribution in [0.3, 0.4) is 0 Å². The maximum Gasteiger partial charge on any atom is 0.118 e. The Bertz CT molecular complexity index is 351. The molecule has 1 aromatic carbocycles. The van der Waals surface area contributed by atoms with Crippen LogP contribution in [0.4, 0.5) is 0 Å². The van der Waals surface area contributed by atoms with Gasteiger partial charge in [-0.3, -0.25) is 4.21 Å². The molecule has 3 nitrogen and oxygen atoms in total. The highest BCUT2D eigenvalue weighted by Crippen LogP contribution is 2.14. The van der Waals surface area contributed by atoms with Gasteiger partial charge in [0.25, 0.3) is 0 Å². The average Bonchev–Trinajstić information content (AvgIpc) is 2.36. The van der Waals surface area contributed by atoms with E-state index in [2.05, 4.69) is 19.2 Å². The number of hydrogen-bond donors (Lipinski definition) is 1. The third-order valence-electron chi connectivity index (χ3n) is 2.47. The van der Waals surface area contributed by atoms with Crippen LogP contribution in [0.2, 0.25) is 0 Å². The van der Waals surface area contributed by atoms with Crippen LogP contribution in [-0.2, 0) is 10.8 Å². The number of rotatable bonds is 7. The van der Waals surface area contributed by atoms with Crippen molar-refractivity contribution in [2.45, 2.75) is 31.2 Å². The number of ether oxygens (including phenoxy) is 1. The standard InChI is InChI=1S/C13H21NO2S/c1-4-9-14-11(2)10-17(15)13-7-5-12(16-3)6-8-13/h5-8,11,14H,4,9-10H2,1-3H3. The van der Waals surface area contributed by atoms with Crippen molar-refractivity contribution in [3.05, 3.63) is 24.3 Å². The molecule has 0 saturated heterocycles. The molecule has 1 N–H and O–H groups in total. The maximum atomic E-state index is 12.0. The molecule has 0 aliphatic carbocycles. The van der Waals surface area contributed by atoms with Crippen LogP contribution >= 0.6 is 0 Å². The van der Waals surface area contributed by atoms with Crippen molar-refractivity contribution in [2.24, 2.45) is 0 Å². The molecule has 4 heteroatoms. The highest BCUT2D eigenvalue weighted by Gasteiger charge is 2.09. The fraction of sp³-hybridized carbons (Fsp3) is 0.538. The van der Waals surface area contributed by atoms with Crippen molar-refractivity contribution in [1.82, 2.24) is 5.32 Å². The molecule has 0 aliphatic rings. The first kappa shape index (κ1) is 14.2. The second kappa shape index (κ2) is 7.45. The highest BCUT2D eigenvalue weighted by atomic mass is 32.2. The summed E-state index contributed by atoms with van der Waals surface area (Å²) < 4.78 is 17.1. The van der Waals surface area contributed by atoms with Gasteiger partial charge in [-0.2, -0.15) is 0 Å². The lowest BCUT2D eigenvalue weighted by Crippen LogP contribution is -2.31. The zero-order valence-electron chi connectivity index (χ0n) is 10.7. The van der Waals surface area contributed by atoms with Crippen molar-refractivity contribution >= 4 is 10.8 Å².